The minimum absolute atomic E-state index is 0.167. The van der Waals surface area contributed by atoms with Crippen LogP contribution in [0.3, 0.4) is 0 Å². The van der Waals surface area contributed by atoms with Crippen LogP contribution >= 0.6 is 12.2 Å². The van der Waals surface area contributed by atoms with Crippen LogP contribution in [0.25, 0.3) is 0 Å². The number of benzene rings is 1. The largest absolute Gasteiger partial charge is 0.417 e. The molecule has 3 nitrogen and oxygen atoms in total. The Kier molecular flexibility index (Phi) is 4.43. The van der Waals surface area contributed by atoms with Crippen molar-refractivity contribution in [1.82, 2.24) is 0 Å². The highest BCUT2D eigenvalue weighted by atomic mass is 32.1. The molecule has 0 saturated carbocycles. The number of halogens is 3. The Morgan fingerprint density at radius 2 is 2.19 bits per heavy atom. The lowest BCUT2D eigenvalue weighted by Gasteiger charge is -2.24. The molecule has 1 heterocycles. The van der Waals surface area contributed by atoms with E-state index >= 15 is 0 Å². The Morgan fingerprint density at radius 1 is 1.48 bits per heavy atom. The van der Waals surface area contributed by atoms with Gasteiger partial charge in [0.25, 0.3) is 0 Å². The van der Waals surface area contributed by atoms with E-state index in [9.17, 15) is 13.2 Å². The molecular weight excluding hydrogens is 301 g/mol. The van der Waals surface area contributed by atoms with Crippen molar-refractivity contribution in [3.63, 3.8) is 0 Å². The monoisotopic (exact) mass is 318 g/mol. The van der Waals surface area contributed by atoms with Crippen LogP contribution in [0, 0.1) is 0 Å². The predicted octanol–water partition coefficient (Wildman–Crippen LogP) is 3.32. The highest BCUT2D eigenvalue weighted by Crippen LogP contribution is 2.33. The second-order valence-electron chi connectivity index (χ2n) is 5.38. The molecule has 1 fully saturated rings. The van der Waals surface area contributed by atoms with Gasteiger partial charge in [-0.2, -0.15) is 13.2 Å². The van der Waals surface area contributed by atoms with Gasteiger partial charge in [-0.3, -0.25) is 0 Å². The zero-order valence-electron chi connectivity index (χ0n) is 11.6. The molecule has 1 unspecified atom stereocenters. The van der Waals surface area contributed by atoms with Crippen LogP contribution in [0.1, 0.15) is 30.9 Å². The lowest BCUT2D eigenvalue weighted by atomic mass is 10.0. The molecule has 0 aromatic heterocycles. The summed E-state index contributed by atoms with van der Waals surface area (Å²) in [5.41, 5.74) is 4.68. The number of hydrogen-bond acceptors (Lipinski definition) is 3. The number of hydrogen-bond donors (Lipinski definition) is 2. The molecule has 21 heavy (non-hydrogen) atoms. The SMILES string of the molecule is CC1(CNc2ccc(C(F)(F)F)c(C(N)=S)c2)CCCO1. The second kappa shape index (κ2) is 5.81. The molecule has 0 aliphatic carbocycles. The molecule has 0 spiro atoms. The standard InChI is InChI=1S/C14H17F3N2OS/c1-13(5-2-6-20-13)8-19-9-3-4-11(14(15,16)17)10(7-9)12(18)21/h3-4,7,19H,2,5-6,8H2,1H3,(H2,18,21). The fourth-order valence-electron chi connectivity index (χ4n) is 2.37. The zero-order chi connectivity index (χ0) is 15.7. The van der Waals surface area contributed by atoms with Crippen LogP contribution in [0.15, 0.2) is 18.2 Å². The molecule has 1 aromatic carbocycles. The maximum Gasteiger partial charge on any atom is 0.417 e. The molecule has 0 radical (unpaired) electrons. The van der Waals surface area contributed by atoms with Crippen molar-refractivity contribution < 1.29 is 17.9 Å². The zero-order valence-corrected chi connectivity index (χ0v) is 12.4. The van der Waals surface area contributed by atoms with Crippen molar-refractivity contribution in [1.29, 1.82) is 0 Å². The number of ether oxygens (including phenoxy) is 1. The molecule has 116 valence electrons. The Morgan fingerprint density at radius 3 is 2.71 bits per heavy atom. The minimum Gasteiger partial charge on any atom is -0.389 e. The van der Waals surface area contributed by atoms with Crippen molar-refractivity contribution in [3.8, 4) is 0 Å². The van der Waals surface area contributed by atoms with E-state index in [2.05, 4.69) is 5.32 Å². The molecule has 1 atom stereocenters. The highest BCUT2D eigenvalue weighted by Gasteiger charge is 2.34. The van der Waals surface area contributed by atoms with E-state index in [1.807, 2.05) is 6.92 Å². The summed E-state index contributed by atoms with van der Waals surface area (Å²) < 4.78 is 44.3. The van der Waals surface area contributed by atoms with Gasteiger partial charge in [-0.05, 0) is 38.0 Å². The molecule has 1 saturated heterocycles. The average molecular weight is 318 g/mol. The van der Waals surface area contributed by atoms with Crippen LogP contribution in [-0.2, 0) is 10.9 Å². The Hall–Kier alpha value is -1.34. The molecule has 1 aliphatic heterocycles. The third-order valence-corrected chi connectivity index (χ3v) is 3.78. The first kappa shape index (κ1) is 16.0. The molecule has 0 amide bonds. The van der Waals surface area contributed by atoms with Gasteiger partial charge in [-0.25, -0.2) is 0 Å². The molecule has 2 rings (SSSR count). The van der Waals surface area contributed by atoms with Crippen molar-refractivity contribution in [2.45, 2.75) is 31.5 Å². The predicted molar refractivity (Wildman–Crippen MR) is 79.4 cm³/mol. The van der Waals surface area contributed by atoms with Gasteiger partial charge in [0, 0.05) is 24.4 Å². The summed E-state index contributed by atoms with van der Waals surface area (Å²) in [5.74, 6) is 0. The van der Waals surface area contributed by atoms with Crippen LogP contribution in [0.2, 0.25) is 0 Å². The lowest BCUT2D eigenvalue weighted by molar-refractivity contribution is -0.137. The van der Waals surface area contributed by atoms with E-state index < -0.39 is 11.7 Å². The molecule has 3 N–H and O–H groups in total. The number of anilines is 1. The lowest BCUT2D eigenvalue weighted by Crippen LogP contribution is -2.32. The van der Waals surface area contributed by atoms with Gasteiger partial charge < -0.3 is 15.8 Å². The van der Waals surface area contributed by atoms with Crippen molar-refractivity contribution in [2.24, 2.45) is 5.73 Å². The minimum atomic E-state index is -4.47. The number of nitrogens with one attached hydrogen (secondary N) is 1. The highest BCUT2D eigenvalue weighted by molar-refractivity contribution is 7.80. The van der Waals surface area contributed by atoms with Gasteiger partial charge in [-0.15, -0.1) is 0 Å². The first-order valence-corrected chi connectivity index (χ1v) is 7.01. The number of nitrogens with two attached hydrogens (primary N) is 1. The van der Waals surface area contributed by atoms with Crippen molar-refractivity contribution in [3.05, 3.63) is 29.3 Å². The van der Waals surface area contributed by atoms with E-state index in [0.29, 0.717) is 18.8 Å². The summed E-state index contributed by atoms with van der Waals surface area (Å²) in [5, 5.41) is 3.09. The van der Waals surface area contributed by atoms with E-state index in [1.54, 1.807) is 0 Å². The number of rotatable bonds is 4. The average Bonchev–Trinajstić information content (AvgIpc) is 2.82. The van der Waals surface area contributed by atoms with Crippen LogP contribution in [0.5, 0.6) is 0 Å². The normalized spacial score (nSPS) is 22.3. The molecular formula is C14H17F3N2OS. The van der Waals surface area contributed by atoms with Gasteiger partial charge in [0.2, 0.25) is 0 Å². The smallest absolute Gasteiger partial charge is 0.389 e. The van der Waals surface area contributed by atoms with Gasteiger partial charge in [0.1, 0.15) is 4.99 Å². The molecule has 1 aliphatic rings. The topological polar surface area (TPSA) is 47.3 Å². The van der Waals surface area contributed by atoms with Gasteiger partial charge >= 0.3 is 6.18 Å². The van der Waals surface area contributed by atoms with Crippen molar-refractivity contribution in [2.75, 3.05) is 18.5 Å². The maximum atomic E-state index is 12.9. The third kappa shape index (κ3) is 3.85. The Bertz CT molecular complexity index is 540. The van der Waals surface area contributed by atoms with E-state index in [4.69, 9.17) is 22.7 Å². The van der Waals surface area contributed by atoms with Crippen LogP contribution in [-0.4, -0.2) is 23.7 Å². The molecule has 1 aromatic rings. The van der Waals surface area contributed by atoms with Gasteiger partial charge in [0.15, 0.2) is 0 Å². The second-order valence-corrected chi connectivity index (χ2v) is 5.82. The first-order valence-electron chi connectivity index (χ1n) is 6.60. The number of alkyl halides is 3. The fraction of sp³-hybridized carbons (Fsp3) is 0.500. The summed E-state index contributed by atoms with van der Waals surface area (Å²) >= 11 is 4.72. The van der Waals surface area contributed by atoms with E-state index in [0.717, 1.165) is 18.9 Å². The van der Waals surface area contributed by atoms with Gasteiger partial charge in [-0.1, -0.05) is 12.2 Å². The fourth-order valence-corrected chi connectivity index (χ4v) is 2.54. The Balaban J connectivity index is 2.18. The first-order chi connectivity index (χ1) is 9.71. The summed E-state index contributed by atoms with van der Waals surface area (Å²) in [4.78, 5) is -0.269. The van der Waals surface area contributed by atoms with Crippen LogP contribution < -0.4 is 11.1 Å². The summed E-state index contributed by atoms with van der Waals surface area (Å²) in [6, 6.07) is 3.71. The molecule has 7 heteroatoms. The summed E-state index contributed by atoms with van der Waals surface area (Å²) in [6.07, 6.45) is -2.57. The molecule has 0 bridgehead atoms. The summed E-state index contributed by atoms with van der Waals surface area (Å²) in [7, 11) is 0. The van der Waals surface area contributed by atoms with E-state index in [1.165, 1.54) is 12.1 Å². The van der Waals surface area contributed by atoms with Gasteiger partial charge in [0.05, 0.1) is 11.2 Å². The van der Waals surface area contributed by atoms with E-state index in [-0.39, 0.29) is 16.2 Å². The third-order valence-electron chi connectivity index (χ3n) is 3.56. The van der Waals surface area contributed by atoms with Crippen molar-refractivity contribution >= 4 is 22.9 Å². The number of thiocarbonyl (C=S) groups is 1. The van der Waals surface area contributed by atoms with Crippen LogP contribution in [0.4, 0.5) is 18.9 Å². The Labute approximate surface area is 126 Å². The summed E-state index contributed by atoms with van der Waals surface area (Å²) in [6.45, 7) is 3.21. The maximum absolute atomic E-state index is 12.9. The quantitative estimate of drug-likeness (QED) is 0.836.